The van der Waals surface area contributed by atoms with Crippen molar-refractivity contribution in [2.75, 3.05) is 38.4 Å². The van der Waals surface area contributed by atoms with E-state index in [9.17, 15) is 0 Å². The summed E-state index contributed by atoms with van der Waals surface area (Å²) in [5, 5.41) is 12.1. The molecule has 1 aromatic rings. The fourth-order valence-corrected chi connectivity index (χ4v) is 1.67. The molecule has 5 nitrogen and oxygen atoms in total. The number of aliphatic hydroxyl groups is 1. The number of nitrogens with one attached hydrogen (secondary N) is 1. The predicted molar refractivity (Wildman–Crippen MR) is 79.0 cm³/mol. The number of nitrogens with two attached hydrogens (primary N) is 1. The molecule has 0 atom stereocenters. The zero-order valence-corrected chi connectivity index (χ0v) is 12.4. The fraction of sp³-hybridized carbons (Fsp3) is 0.400. The van der Waals surface area contributed by atoms with Crippen LogP contribution in [0.1, 0.15) is 0 Å². The van der Waals surface area contributed by atoms with Gasteiger partial charge in [0.15, 0.2) is 11.5 Å². The fourth-order valence-electron chi connectivity index (χ4n) is 1.38. The lowest BCUT2D eigenvalue weighted by Gasteiger charge is -2.16. The van der Waals surface area contributed by atoms with Crippen LogP contribution in [0.2, 0.25) is 5.02 Å². The molecule has 0 spiro atoms. The molecule has 1 rings (SSSR count). The van der Waals surface area contributed by atoms with Gasteiger partial charge in [0.2, 0.25) is 0 Å². The molecule has 0 aliphatic heterocycles. The van der Waals surface area contributed by atoms with E-state index in [1.54, 1.807) is 6.07 Å². The Balaban J connectivity index is 0. The Kier molecular flexibility index (Phi) is 10.0. The van der Waals surface area contributed by atoms with Gasteiger partial charge in [0, 0.05) is 6.54 Å². The van der Waals surface area contributed by atoms with Crippen LogP contribution in [0.5, 0.6) is 11.5 Å². The minimum atomic E-state index is 0. The second-order valence-corrected chi connectivity index (χ2v) is 3.44. The minimum absolute atomic E-state index is 0. The molecule has 0 unspecified atom stereocenters. The average Bonchev–Trinajstić information content (AvgIpc) is 2.26. The van der Waals surface area contributed by atoms with Gasteiger partial charge in [-0.25, -0.2) is 0 Å². The van der Waals surface area contributed by atoms with Crippen molar-refractivity contribution in [2.24, 2.45) is 0 Å². The van der Waals surface area contributed by atoms with Gasteiger partial charge in [-0.2, -0.15) is 0 Å². The van der Waals surface area contributed by atoms with E-state index in [1.807, 2.05) is 0 Å². The van der Waals surface area contributed by atoms with Gasteiger partial charge in [-0.05, 0) is 6.07 Å². The Morgan fingerprint density at radius 2 is 1.83 bits per heavy atom. The van der Waals surface area contributed by atoms with E-state index in [-0.39, 0.29) is 31.4 Å². The van der Waals surface area contributed by atoms with Crippen LogP contribution in [0.15, 0.2) is 6.07 Å². The van der Waals surface area contributed by atoms with Gasteiger partial charge in [0.25, 0.3) is 0 Å². The highest BCUT2D eigenvalue weighted by molar-refractivity contribution is 6.33. The van der Waals surface area contributed by atoms with E-state index in [1.165, 1.54) is 14.2 Å². The lowest BCUT2D eigenvalue weighted by Crippen LogP contribution is -2.08. The highest BCUT2D eigenvalue weighted by Gasteiger charge is 2.16. The zero-order chi connectivity index (χ0) is 12.1. The molecule has 0 aliphatic carbocycles. The normalized spacial score (nSPS) is 8.89. The van der Waals surface area contributed by atoms with Gasteiger partial charge in [-0.1, -0.05) is 11.6 Å². The summed E-state index contributed by atoms with van der Waals surface area (Å²) < 4.78 is 10.2. The molecule has 0 heterocycles. The summed E-state index contributed by atoms with van der Waals surface area (Å²) in [6.45, 7) is 0.394. The Hall–Kier alpha value is -0.750. The number of benzene rings is 1. The summed E-state index contributed by atoms with van der Waals surface area (Å²) in [6, 6.07) is 1.64. The topological polar surface area (TPSA) is 76.7 Å². The van der Waals surface area contributed by atoms with Crippen molar-refractivity contribution in [3.63, 3.8) is 0 Å². The Bertz CT molecular complexity index is 378. The molecule has 18 heavy (non-hydrogen) atoms. The lowest BCUT2D eigenvalue weighted by molar-refractivity contribution is 0.311. The average molecular weight is 320 g/mol. The summed E-state index contributed by atoms with van der Waals surface area (Å²) in [6.07, 6.45) is 0. The largest absolute Gasteiger partial charge is 0.493 e. The van der Waals surface area contributed by atoms with Crippen molar-refractivity contribution >= 4 is 47.8 Å². The number of hydrogen-bond donors (Lipinski definition) is 3. The first kappa shape index (κ1) is 19.6. The van der Waals surface area contributed by atoms with Crippen molar-refractivity contribution < 1.29 is 14.6 Å². The Morgan fingerprint density at radius 3 is 2.28 bits per heavy atom. The SMILES string of the molecule is COc1c(Cl)cc(NCCO)c(OC)c1N.Cl.Cl. The number of ether oxygens (including phenoxy) is 2. The first-order chi connectivity index (χ1) is 7.65. The molecular formula is C10H17Cl3N2O3. The summed E-state index contributed by atoms with van der Waals surface area (Å²) >= 11 is 5.98. The van der Waals surface area contributed by atoms with Gasteiger partial charge < -0.3 is 25.6 Å². The highest BCUT2D eigenvalue weighted by Crippen LogP contribution is 2.43. The Labute approximate surface area is 123 Å². The summed E-state index contributed by atoms with van der Waals surface area (Å²) in [5.74, 6) is 0.836. The van der Waals surface area contributed by atoms with Crippen LogP contribution in [-0.2, 0) is 0 Å². The van der Waals surface area contributed by atoms with Crippen molar-refractivity contribution in [3.05, 3.63) is 11.1 Å². The molecule has 0 aliphatic rings. The molecule has 1 aromatic carbocycles. The molecule has 0 saturated heterocycles. The molecule has 4 N–H and O–H groups in total. The summed E-state index contributed by atoms with van der Waals surface area (Å²) in [7, 11) is 2.99. The predicted octanol–water partition coefficient (Wildman–Crippen LogP) is 2.19. The molecule has 8 heteroatoms. The number of methoxy groups -OCH3 is 2. The van der Waals surface area contributed by atoms with E-state index in [0.717, 1.165) is 0 Å². The summed E-state index contributed by atoms with van der Waals surface area (Å²) in [4.78, 5) is 0. The number of rotatable bonds is 5. The maximum Gasteiger partial charge on any atom is 0.168 e. The molecule has 0 amide bonds. The number of aliphatic hydroxyl groups excluding tert-OH is 1. The second kappa shape index (κ2) is 9.22. The smallest absolute Gasteiger partial charge is 0.168 e. The van der Waals surface area contributed by atoms with Crippen LogP contribution in [0.4, 0.5) is 11.4 Å². The van der Waals surface area contributed by atoms with Crippen molar-refractivity contribution in [2.45, 2.75) is 0 Å². The van der Waals surface area contributed by atoms with E-state index < -0.39 is 0 Å². The third kappa shape index (κ3) is 4.17. The first-order valence-corrected chi connectivity index (χ1v) is 5.08. The van der Waals surface area contributed by atoms with E-state index in [0.29, 0.717) is 34.4 Å². The van der Waals surface area contributed by atoms with Crippen LogP contribution < -0.4 is 20.5 Å². The quantitative estimate of drug-likeness (QED) is 0.725. The Morgan fingerprint density at radius 1 is 1.28 bits per heavy atom. The number of hydrogen-bond acceptors (Lipinski definition) is 5. The van der Waals surface area contributed by atoms with Crippen molar-refractivity contribution in [1.29, 1.82) is 0 Å². The van der Waals surface area contributed by atoms with Gasteiger partial charge in [-0.15, -0.1) is 24.8 Å². The van der Waals surface area contributed by atoms with Gasteiger partial charge in [0.1, 0.15) is 5.69 Å². The van der Waals surface area contributed by atoms with E-state index in [4.69, 9.17) is 31.9 Å². The minimum Gasteiger partial charge on any atom is -0.493 e. The first-order valence-electron chi connectivity index (χ1n) is 4.70. The van der Waals surface area contributed by atoms with Crippen LogP contribution >= 0.6 is 36.4 Å². The molecule has 0 bridgehead atoms. The molecule has 0 fully saturated rings. The zero-order valence-electron chi connectivity index (χ0n) is 10.0. The highest BCUT2D eigenvalue weighted by atomic mass is 35.5. The van der Waals surface area contributed by atoms with Gasteiger partial charge >= 0.3 is 0 Å². The van der Waals surface area contributed by atoms with Crippen LogP contribution in [0.3, 0.4) is 0 Å². The van der Waals surface area contributed by atoms with Crippen LogP contribution in [-0.4, -0.2) is 32.5 Å². The van der Waals surface area contributed by atoms with Crippen LogP contribution in [0.25, 0.3) is 0 Å². The van der Waals surface area contributed by atoms with E-state index >= 15 is 0 Å². The number of halogens is 3. The monoisotopic (exact) mass is 318 g/mol. The molecule has 0 radical (unpaired) electrons. The standard InChI is InChI=1S/C10H15ClN2O3.2ClH/c1-15-9-6(11)5-7(13-3-4-14)10(16-2)8(9)12;;/h5,13-14H,3-4,12H2,1-2H3;2*1H. The summed E-state index contributed by atoms with van der Waals surface area (Å²) in [5.41, 5.74) is 6.80. The molecule has 106 valence electrons. The maximum atomic E-state index is 8.74. The number of anilines is 2. The third-order valence-electron chi connectivity index (χ3n) is 2.06. The van der Waals surface area contributed by atoms with Gasteiger partial charge in [0.05, 0.1) is 31.5 Å². The molecule has 0 aromatic heterocycles. The second-order valence-electron chi connectivity index (χ2n) is 3.04. The molecule has 0 saturated carbocycles. The van der Waals surface area contributed by atoms with E-state index in [2.05, 4.69) is 5.32 Å². The lowest BCUT2D eigenvalue weighted by atomic mass is 10.2. The molecular weight excluding hydrogens is 302 g/mol. The van der Waals surface area contributed by atoms with Crippen molar-refractivity contribution in [1.82, 2.24) is 0 Å². The maximum absolute atomic E-state index is 8.74. The number of nitrogen functional groups attached to an aromatic ring is 1. The van der Waals surface area contributed by atoms with Crippen LogP contribution in [0, 0.1) is 0 Å². The van der Waals surface area contributed by atoms with Crippen molar-refractivity contribution in [3.8, 4) is 11.5 Å². The van der Waals surface area contributed by atoms with Gasteiger partial charge in [-0.3, -0.25) is 0 Å². The third-order valence-corrected chi connectivity index (χ3v) is 2.34.